The topological polar surface area (TPSA) is 110 Å². The Morgan fingerprint density at radius 2 is 1.48 bits per heavy atom. The normalized spacial score (nSPS) is 18.4. The van der Waals surface area contributed by atoms with Crippen LogP contribution in [-0.4, -0.2) is 69.8 Å². The third-order valence-corrected chi connectivity index (χ3v) is 4.91. The van der Waals surface area contributed by atoms with Crippen molar-refractivity contribution < 1.29 is 30.3 Å². The van der Waals surface area contributed by atoms with Crippen LogP contribution in [0.2, 0.25) is 0 Å². The van der Waals surface area contributed by atoms with Crippen molar-refractivity contribution in [2.45, 2.75) is 90.6 Å². The fourth-order valence-electron chi connectivity index (χ4n) is 2.90. The fourth-order valence-corrected chi connectivity index (χ4v) is 2.90. The van der Waals surface area contributed by atoms with Crippen molar-refractivity contribution in [2.24, 2.45) is 11.8 Å². The molecule has 1 unspecified atom stereocenters. The average molecular weight is 391 g/mol. The Morgan fingerprint density at radius 3 is 2.07 bits per heavy atom. The van der Waals surface area contributed by atoms with E-state index in [1.807, 2.05) is 6.08 Å². The third kappa shape index (κ3) is 13.3. The molecule has 0 aromatic heterocycles. The van der Waals surface area contributed by atoms with E-state index in [1.54, 1.807) is 0 Å². The van der Waals surface area contributed by atoms with E-state index in [0.717, 1.165) is 24.7 Å². The summed E-state index contributed by atoms with van der Waals surface area (Å²) in [6, 6.07) is 0. The van der Waals surface area contributed by atoms with Gasteiger partial charge in [-0.25, -0.2) is 0 Å². The molecule has 0 rings (SSSR count). The molecule has 0 aliphatic heterocycles. The first-order valence-corrected chi connectivity index (χ1v) is 10.3. The number of allylic oxidation sites excluding steroid dienone is 1. The maximum absolute atomic E-state index is 9.76. The minimum absolute atomic E-state index is 0.160. The molecule has 0 aliphatic carbocycles. The van der Waals surface area contributed by atoms with Crippen LogP contribution in [0, 0.1) is 11.8 Å². The van der Waals surface area contributed by atoms with Crippen LogP contribution in [0.25, 0.3) is 0 Å². The zero-order valence-corrected chi connectivity index (χ0v) is 17.5. The summed E-state index contributed by atoms with van der Waals surface area (Å²) in [5.41, 5.74) is 1.23. The van der Waals surface area contributed by atoms with Crippen LogP contribution in [0.3, 0.4) is 0 Å². The van der Waals surface area contributed by atoms with Crippen LogP contribution in [0.1, 0.15) is 66.2 Å². The predicted octanol–water partition coefficient (Wildman–Crippen LogP) is 2.02. The summed E-state index contributed by atoms with van der Waals surface area (Å²) < 4.78 is 5.31. The molecule has 6 heteroatoms. The van der Waals surface area contributed by atoms with Crippen molar-refractivity contribution in [1.29, 1.82) is 0 Å². The quantitative estimate of drug-likeness (QED) is 0.204. The van der Waals surface area contributed by atoms with Crippen molar-refractivity contribution >= 4 is 0 Å². The number of ether oxygens (including phenoxy) is 1. The van der Waals surface area contributed by atoms with Gasteiger partial charge in [0.05, 0.1) is 19.8 Å². The minimum Gasteiger partial charge on any atom is -0.394 e. The summed E-state index contributed by atoms with van der Waals surface area (Å²) in [5, 5.41) is 47.0. The lowest BCUT2D eigenvalue weighted by Gasteiger charge is -2.25. The molecular formula is C21H42O6. The van der Waals surface area contributed by atoms with Gasteiger partial charge in [-0.05, 0) is 31.6 Å². The van der Waals surface area contributed by atoms with E-state index in [1.165, 1.54) is 31.3 Å². The van der Waals surface area contributed by atoms with Crippen LogP contribution in [0.4, 0.5) is 0 Å². The van der Waals surface area contributed by atoms with Gasteiger partial charge in [-0.1, -0.05) is 58.1 Å². The Bertz CT molecular complexity index is 385. The molecule has 0 amide bonds. The smallest absolute Gasteiger partial charge is 0.111 e. The number of aliphatic hydroxyl groups excluding tert-OH is 5. The Labute approximate surface area is 164 Å². The molecule has 0 saturated carbocycles. The van der Waals surface area contributed by atoms with E-state index in [9.17, 15) is 20.4 Å². The molecule has 5 N–H and O–H groups in total. The largest absolute Gasteiger partial charge is 0.394 e. The predicted molar refractivity (Wildman–Crippen MR) is 107 cm³/mol. The van der Waals surface area contributed by atoms with Gasteiger partial charge in [0, 0.05) is 0 Å². The van der Waals surface area contributed by atoms with Crippen LogP contribution in [-0.2, 0) is 4.74 Å². The molecule has 0 heterocycles. The zero-order valence-electron chi connectivity index (χ0n) is 17.5. The lowest BCUT2D eigenvalue weighted by atomic mass is 9.94. The van der Waals surface area contributed by atoms with Gasteiger partial charge in [0.25, 0.3) is 0 Å². The van der Waals surface area contributed by atoms with Crippen LogP contribution < -0.4 is 0 Å². The number of hydrogen-bond donors (Lipinski definition) is 5. The summed E-state index contributed by atoms with van der Waals surface area (Å²) in [6.07, 6.45) is 3.23. The van der Waals surface area contributed by atoms with Gasteiger partial charge in [0.2, 0.25) is 0 Å². The van der Waals surface area contributed by atoms with Crippen molar-refractivity contribution in [2.75, 3.05) is 19.8 Å². The van der Waals surface area contributed by atoms with E-state index in [4.69, 9.17) is 9.84 Å². The van der Waals surface area contributed by atoms with Crippen LogP contribution in [0.15, 0.2) is 11.6 Å². The molecule has 0 spiro atoms. The summed E-state index contributed by atoms with van der Waals surface area (Å²) in [7, 11) is 0. The summed E-state index contributed by atoms with van der Waals surface area (Å²) >= 11 is 0. The SMILES string of the molecule is C/C(=C\COC[C@@H](O)[C@H](O)[C@@H](O)[C@@H](O)CO)CCCC(C)CCCC(C)C. The summed E-state index contributed by atoms with van der Waals surface area (Å²) in [4.78, 5) is 0. The van der Waals surface area contributed by atoms with E-state index < -0.39 is 31.0 Å². The number of aliphatic hydroxyl groups is 5. The molecule has 0 aliphatic rings. The van der Waals surface area contributed by atoms with Crippen molar-refractivity contribution in [1.82, 2.24) is 0 Å². The molecule has 5 atom stereocenters. The number of rotatable bonds is 16. The molecule has 0 aromatic carbocycles. The van der Waals surface area contributed by atoms with E-state index in [0.29, 0.717) is 6.61 Å². The van der Waals surface area contributed by atoms with Gasteiger partial charge in [-0.15, -0.1) is 0 Å². The van der Waals surface area contributed by atoms with Crippen molar-refractivity contribution in [3.8, 4) is 0 Å². The lowest BCUT2D eigenvalue weighted by molar-refractivity contribution is -0.127. The van der Waals surface area contributed by atoms with Crippen molar-refractivity contribution in [3.05, 3.63) is 11.6 Å². The molecule has 0 bridgehead atoms. The maximum Gasteiger partial charge on any atom is 0.111 e. The maximum atomic E-state index is 9.76. The van der Waals surface area contributed by atoms with Crippen LogP contribution >= 0.6 is 0 Å². The van der Waals surface area contributed by atoms with Crippen LogP contribution in [0.5, 0.6) is 0 Å². The van der Waals surface area contributed by atoms with E-state index in [-0.39, 0.29) is 6.61 Å². The first-order chi connectivity index (χ1) is 12.7. The summed E-state index contributed by atoms with van der Waals surface area (Å²) in [6.45, 7) is 8.37. The highest BCUT2D eigenvalue weighted by Gasteiger charge is 2.29. The number of hydrogen-bond acceptors (Lipinski definition) is 6. The Morgan fingerprint density at radius 1 is 0.889 bits per heavy atom. The van der Waals surface area contributed by atoms with Gasteiger partial charge in [0.15, 0.2) is 0 Å². The molecule has 0 radical (unpaired) electrons. The highest BCUT2D eigenvalue weighted by Crippen LogP contribution is 2.19. The van der Waals surface area contributed by atoms with Gasteiger partial charge >= 0.3 is 0 Å². The Hall–Kier alpha value is -0.500. The van der Waals surface area contributed by atoms with Gasteiger partial charge < -0.3 is 30.3 Å². The Balaban J connectivity index is 3.89. The lowest BCUT2D eigenvalue weighted by Crippen LogP contribution is -2.47. The standard InChI is InChI=1S/C21H42O6/c1-15(2)7-5-8-16(3)9-6-10-17(4)11-12-27-14-19(24)21(26)20(25)18(23)13-22/h11,15-16,18-26H,5-10,12-14H2,1-4H3/b17-11+/t16?,18-,19+,20-,21-/m0/s1. The first kappa shape index (κ1) is 26.5. The van der Waals surface area contributed by atoms with Crippen molar-refractivity contribution in [3.63, 3.8) is 0 Å². The zero-order chi connectivity index (χ0) is 20.8. The molecule has 0 fully saturated rings. The van der Waals surface area contributed by atoms with E-state index in [2.05, 4.69) is 27.7 Å². The highest BCUT2D eigenvalue weighted by molar-refractivity contribution is 4.97. The molecule has 0 aromatic rings. The first-order valence-electron chi connectivity index (χ1n) is 10.3. The van der Waals surface area contributed by atoms with Gasteiger partial charge in [0.1, 0.15) is 24.4 Å². The third-order valence-electron chi connectivity index (χ3n) is 4.91. The van der Waals surface area contributed by atoms with E-state index >= 15 is 0 Å². The second-order valence-corrected chi connectivity index (χ2v) is 8.21. The highest BCUT2D eigenvalue weighted by atomic mass is 16.5. The molecule has 0 saturated heterocycles. The molecule has 6 nitrogen and oxygen atoms in total. The van der Waals surface area contributed by atoms with Gasteiger partial charge in [-0.3, -0.25) is 0 Å². The average Bonchev–Trinajstić information content (AvgIpc) is 2.62. The second kappa shape index (κ2) is 15.4. The monoisotopic (exact) mass is 390 g/mol. The molecule has 27 heavy (non-hydrogen) atoms. The van der Waals surface area contributed by atoms with Gasteiger partial charge in [-0.2, -0.15) is 0 Å². The summed E-state index contributed by atoms with van der Waals surface area (Å²) in [5.74, 6) is 1.54. The molecule has 162 valence electrons. The minimum atomic E-state index is -1.62. The second-order valence-electron chi connectivity index (χ2n) is 8.21. The fraction of sp³-hybridized carbons (Fsp3) is 0.905. The molecular weight excluding hydrogens is 348 g/mol. The Kier molecular flexibility index (Phi) is 15.1.